The van der Waals surface area contributed by atoms with Crippen LogP contribution in [0.1, 0.15) is 45.7 Å². The second kappa shape index (κ2) is 10.1. The summed E-state index contributed by atoms with van der Waals surface area (Å²) >= 11 is 0. The number of piperidine rings is 1. The normalized spacial score (nSPS) is 15.5. The van der Waals surface area contributed by atoms with Crippen molar-refractivity contribution < 1.29 is 18.4 Å². The Hall–Kier alpha value is -3.72. The van der Waals surface area contributed by atoms with Crippen LogP contribution in [0.2, 0.25) is 0 Å². The van der Waals surface area contributed by atoms with Gasteiger partial charge >= 0.3 is 0 Å². The lowest BCUT2D eigenvalue weighted by molar-refractivity contribution is -0.131. The zero-order valence-corrected chi connectivity index (χ0v) is 20.0. The summed E-state index contributed by atoms with van der Waals surface area (Å²) in [6.45, 7) is 2.03. The number of likely N-dealkylation sites (N-methyl/N-ethyl adjacent to an activating group) is 1. The summed E-state index contributed by atoms with van der Waals surface area (Å²) in [4.78, 5) is 35.9. The number of fused-ring (bicyclic) bond motifs is 1. The molecule has 2 aliphatic rings. The van der Waals surface area contributed by atoms with Crippen molar-refractivity contribution >= 4 is 11.8 Å². The van der Waals surface area contributed by atoms with Crippen LogP contribution >= 0.6 is 0 Å². The van der Waals surface area contributed by atoms with Crippen molar-refractivity contribution in [2.75, 3.05) is 20.1 Å². The molecule has 1 aromatic carbocycles. The number of carbonyl (C=O) groups excluding carboxylic acids is 2. The van der Waals surface area contributed by atoms with Crippen molar-refractivity contribution in [3.8, 4) is 11.3 Å². The van der Waals surface area contributed by atoms with Gasteiger partial charge in [-0.3, -0.25) is 14.6 Å². The first-order valence-corrected chi connectivity index (χ1v) is 12.1. The average molecular weight is 492 g/mol. The number of nitrogens with one attached hydrogen (secondary N) is 2. The van der Waals surface area contributed by atoms with Gasteiger partial charge in [0.2, 0.25) is 5.91 Å². The molecule has 0 radical (unpaired) electrons. The molecule has 0 aliphatic carbocycles. The highest BCUT2D eigenvalue weighted by atomic mass is 19.1. The zero-order valence-electron chi connectivity index (χ0n) is 20.0. The summed E-state index contributed by atoms with van der Waals surface area (Å²) in [5.74, 6) is -1.65. The van der Waals surface area contributed by atoms with Crippen LogP contribution in [-0.2, 0) is 24.2 Å². The third-order valence-electron chi connectivity index (χ3n) is 6.90. The van der Waals surface area contributed by atoms with Gasteiger partial charge in [0.15, 0.2) is 0 Å². The van der Waals surface area contributed by atoms with Crippen LogP contribution in [-0.4, -0.2) is 52.9 Å². The minimum atomic E-state index is -0.715. The van der Waals surface area contributed by atoms with Crippen LogP contribution in [0.3, 0.4) is 0 Å². The largest absolute Gasteiger partial charge is 0.346 e. The minimum Gasteiger partial charge on any atom is -0.346 e. The lowest BCUT2D eigenvalue weighted by Gasteiger charge is -2.31. The first kappa shape index (κ1) is 24.0. The van der Waals surface area contributed by atoms with Crippen LogP contribution in [0.15, 0.2) is 42.6 Å². The number of pyridine rings is 2. The summed E-state index contributed by atoms with van der Waals surface area (Å²) in [5, 5.41) is 6.04. The molecule has 2 aromatic heterocycles. The molecular weight excluding hydrogens is 464 g/mol. The maximum atomic E-state index is 14.4. The smallest absolute Gasteiger partial charge is 0.253 e. The van der Waals surface area contributed by atoms with Crippen molar-refractivity contribution in [1.29, 1.82) is 0 Å². The maximum absolute atomic E-state index is 14.4. The molecule has 2 N–H and O–H groups in total. The van der Waals surface area contributed by atoms with Crippen molar-refractivity contribution in [3.63, 3.8) is 0 Å². The fourth-order valence-electron chi connectivity index (χ4n) is 4.88. The summed E-state index contributed by atoms with van der Waals surface area (Å²) in [5.41, 5.74) is 2.86. The van der Waals surface area contributed by atoms with Gasteiger partial charge in [0, 0.05) is 31.4 Å². The number of hydrogen-bond donors (Lipinski definition) is 2. The van der Waals surface area contributed by atoms with Crippen molar-refractivity contribution in [2.24, 2.45) is 0 Å². The van der Waals surface area contributed by atoms with E-state index in [-0.39, 0.29) is 48.5 Å². The summed E-state index contributed by atoms with van der Waals surface area (Å²) in [6, 6.07) is 9.14. The summed E-state index contributed by atoms with van der Waals surface area (Å²) < 4.78 is 28.9. The highest BCUT2D eigenvalue weighted by molar-refractivity contribution is 5.99. The van der Waals surface area contributed by atoms with E-state index in [4.69, 9.17) is 0 Å². The first-order chi connectivity index (χ1) is 17.4. The third kappa shape index (κ3) is 4.83. The molecule has 2 amide bonds. The number of benzene rings is 1. The Labute approximate surface area is 208 Å². The quantitative estimate of drug-likeness (QED) is 0.554. The van der Waals surface area contributed by atoms with Crippen LogP contribution in [0.4, 0.5) is 8.78 Å². The monoisotopic (exact) mass is 491 g/mol. The Morgan fingerprint density at radius 2 is 1.86 bits per heavy atom. The molecule has 1 saturated heterocycles. The fourth-order valence-corrected chi connectivity index (χ4v) is 4.88. The molecule has 5 rings (SSSR count). The van der Waals surface area contributed by atoms with E-state index >= 15 is 0 Å². The second-order valence-electron chi connectivity index (χ2n) is 9.26. The van der Waals surface area contributed by atoms with Gasteiger partial charge in [-0.05, 0) is 61.3 Å². The van der Waals surface area contributed by atoms with Gasteiger partial charge in [0.05, 0.1) is 35.5 Å². The number of halogens is 2. The molecule has 0 unspecified atom stereocenters. The topological polar surface area (TPSA) is 87.2 Å². The number of carbonyl (C=O) groups is 2. The lowest BCUT2D eigenvalue weighted by Crippen LogP contribution is -2.44. The van der Waals surface area contributed by atoms with Gasteiger partial charge in [-0.25, -0.2) is 13.8 Å². The number of rotatable bonds is 6. The van der Waals surface area contributed by atoms with Crippen molar-refractivity contribution in [3.05, 3.63) is 82.3 Å². The molecule has 36 heavy (non-hydrogen) atoms. The molecular formula is C27H27F2N5O2. The van der Waals surface area contributed by atoms with E-state index in [1.54, 1.807) is 12.3 Å². The molecule has 7 nitrogen and oxygen atoms in total. The molecule has 4 heterocycles. The highest BCUT2D eigenvalue weighted by Crippen LogP contribution is 2.30. The minimum absolute atomic E-state index is 0.0524. The Bertz CT molecular complexity index is 1290. The van der Waals surface area contributed by atoms with E-state index in [9.17, 15) is 18.4 Å². The zero-order chi connectivity index (χ0) is 25.2. The molecule has 0 atom stereocenters. The molecule has 2 aliphatic heterocycles. The molecule has 0 saturated carbocycles. The van der Waals surface area contributed by atoms with Gasteiger partial charge in [-0.1, -0.05) is 12.1 Å². The molecule has 0 bridgehead atoms. The van der Waals surface area contributed by atoms with Gasteiger partial charge in [0.25, 0.3) is 5.91 Å². The van der Waals surface area contributed by atoms with Crippen LogP contribution in [0, 0.1) is 11.6 Å². The van der Waals surface area contributed by atoms with E-state index in [1.165, 1.54) is 18.2 Å². The second-order valence-corrected chi connectivity index (χ2v) is 9.26. The van der Waals surface area contributed by atoms with E-state index in [2.05, 4.69) is 20.6 Å². The number of nitrogens with zero attached hydrogens (tertiary/aromatic N) is 3. The van der Waals surface area contributed by atoms with Gasteiger partial charge in [-0.15, -0.1) is 0 Å². The Morgan fingerprint density at radius 1 is 1.11 bits per heavy atom. The average Bonchev–Trinajstić information content (AvgIpc) is 3.26. The van der Waals surface area contributed by atoms with Crippen molar-refractivity contribution in [1.82, 2.24) is 25.5 Å². The molecule has 0 spiro atoms. The first-order valence-electron chi connectivity index (χ1n) is 12.1. The lowest BCUT2D eigenvalue weighted by atomic mass is 9.98. The van der Waals surface area contributed by atoms with Crippen LogP contribution < -0.4 is 10.6 Å². The van der Waals surface area contributed by atoms with Crippen molar-refractivity contribution in [2.45, 2.75) is 38.3 Å². The standard InChI is InChI=1S/C27H27F2N5O2/c1-34(19-7-9-30-10-8-19)24(35)11-16-5-6-18(31-14-16)12-17-13-22(26-20(28)3-2-4-21(26)29)33-23-15-32-27(36)25(17)23/h2-6,13-14,19,30H,7-12,15H2,1H3,(H,32,36). The Balaban J connectivity index is 1.36. The number of aromatic nitrogens is 2. The molecule has 3 aromatic rings. The van der Waals surface area contributed by atoms with E-state index < -0.39 is 11.6 Å². The third-order valence-corrected chi connectivity index (χ3v) is 6.90. The number of hydrogen-bond acceptors (Lipinski definition) is 5. The van der Waals surface area contributed by atoms with Crippen LogP contribution in [0.5, 0.6) is 0 Å². The predicted octanol–water partition coefficient (Wildman–Crippen LogP) is 3.01. The SMILES string of the molecule is CN(C(=O)Cc1ccc(Cc2cc(-c3c(F)cccc3F)nc3c2C(=O)NC3)nc1)C1CCNCC1. The Morgan fingerprint density at radius 3 is 2.56 bits per heavy atom. The van der Waals surface area contributed by atoms with Gasteiger partial charge < -0.3 is 15.5 Å². The summed E-state index contributed by atoms with van der Waals surface area (Å²) in [6.07, 6.45) is 4.11. The van der Waals surface area contributed by atoms with Crippen LogP contribution in [0.25, 0.3) is 11.3 Å². The maximum Gasteiger partial charge on any atom is 0.253 e. The predicted molar refractivity (Wildman–Crippen MR) is 130 cm³/mol. The molecule has 9 heteroatoms. The molecule has 1 fully saturated rings. The Kier molecular flexibility index (Phi) is 6.73. The van der Waals surface area contributed by atoms with E-state index in [0.29, 0.717) is 22.5 Å². The van der Waals surface area contributed by atoms with E-state index in [0.717, 1.165) is 31.5 Å². The summed E-state index contributed by atoms with van der Waals surface area (Å²) in [7, 11) is 1.85. The fraction of sp³-hybridized carbons (Fsp3) is 0.333. The highest BCUT2D eigenvalue weighted by Gasteiger charge is 2.27. The molecule has 186 valence electrons. The van der Waals surface area contributed by atoms with Gasteiger partial charge in [0.1, 0.15) is 11.6 Å². The number of amides is 2. The van der Waals surface area contributed by atoms with E-state index in [1.807, 2.05) is 24.1 Å². The van der Waals surface area contributed by atoms with Gasteiger partial charge in [-0.2, -0.15) is 0 Å².